The summed E-state index contributed by atoms with van der Waals surface area (Å²) in [7, 11) is 0. The number of carbonyl (C=O) groups is 1. The van der Waals surface area contributed by atoms with Crippen LogP contribution in [0, 0.1) is 25.2 Å². The molecule has 0 saturated heterocycles. The molecule has 0 aliphatic carbocycles. The summed E-state index contributed by atoms with van der Waals surface area (Å²) < 4.78 is 1.71. The van der Waals surface area contributed by atoms with Crippen molar-refractivity contribution in [3.05, 3.63) is 65.5 Å². The summed E-state index contributed by atoms with van der Waals surface area (Å²) in [5.41, 5.74) is 3.38. The first-order chi connectivity index (χ1) is 12.5. The fourth-order valence-corrected chi connectivity index (χ4v) is 3.04. The molecule has 0 aliphatic rings. The lowest BCUT2D eigenvalue weighted by Crippen LogP contribution is -2.17. The van der Waals surface area contributed by atoms with Crippen LogP contribution in [-0.2, 0) is 4.79 Å². The van der Waals surface area contributed by atoms with Crippen molar-refractivity contribution in [3.8, 4) is 11.8 Å². The number of thioether (sulfide) groups is 1. The minimum Gasteiger partial charge on any atom is -0.310 e. The minimum absolute atomic E-state index is 0.160. The number of pyridine rings is 1. The Morgan fingerprint density at radius 2 is 2.00 bits per heavy atom. The summed E-state index contributed by atoms with van der Waals surface area (Å²) in [6, 6.07) is 15.1. The van der Waals surface area contributed by atoms with Crippen molar-refractivity contribution in [2.75, 3.05) is 11.1 Å². The van der Waals surface area contributed by atoms with Crippen LogP contribution in [-0.4, -0.2) is 26.4 Å². The summed E-state index contributed by atoms with van der Waals surface area (Å²) in [6.07, 6.45) is 1.56. The maximum atomic E-state index is 12.3. The van der Waals surface area contributed by atoms with Crippen LogP contribution in [0.1, 0.15) is 16.8 Å². The van der Waals surface area contributed by atoms with Crippen LogP contribution in [0.3, 0.4) is 0 Å². The molecular formula is C19H17N5OS. The molecule has 130 valence electrons. The molecule has 3 aromatic rings. The van der Waals surface area contributed by atoms with E-state index in [0.29, 0.717) is 16.4 Å². The standard InChI is InChI=1S/C19H17N5OS/c1-13-3-5-16(6-4-13)24-17(9-14(2)23-24)22-18(25)12-26-19-10-15(11-20)7-8-21-19/h3-10H,12H2,1-2H3,(H,22,25). The van der Waals surface area contributed by atoms with E-state index in [1.54, 1.807) is 23.0 Å². The normalized spacial score (nSPS) is 10.3. The first-order valence-corrected chi connectivity index (χ1v) is 8.96. The van der Waals surface area contributed by atoms with Crippen LogP contribution in [0.25, 0.3) is 5.69 Å². The van der Waals surface area contributed by atoms with Gasteiger partial charge < -0.3 is 5.32 Å². The van der Waals surface area contributed by atoms with Crippen molar-refractivity contribution in [1.29, 1.82) is 5.26 Å². The molecule has 7 heteroatoms. The number of nitrogens with one attached hydrogen (secondary N) is 1. The highest BCUT2D eigenvalue weighted by atomic mass is 32.2. The number of benzene rings is 1. The first-order valence-electron chi connectivity index (χ1n) is 7.97. The highest BCUT2D eigenvalue weighted by Crippen LogP contribution is 2.20. The van der Waals surface area contributed by atoms with Gasteiger partial charge in [-0.1, -0.05) is 29.5 Å². The van der Waals surface area contributed by atoms with Crippen LogP contribution < -0.4 is 5.32 Å². The molecule has 26 heavy (non-hydrogen) atoms. The number of nitrogens with zero attached hydrogens (tertiary/aromatic N) is 4. The minimum atomic E-state index is -0.160. The van der Waals surface area contributed by atoms with Crippen molar-refractivity contribution in [2.45, 2.75) is 18.9 Å². The van der Waals surface area contributed by atoms with Gasteiger partial charge in [0.25, 0.3) is 0 Å². The van der Waals surface area contributed by atoms with Gasteiger partial charge in [-0.3, -0.25) is 4.79 Å². The third kappa shape index (κ3) is 4.29. The van der Waals surface area contributed by atoms with Crippen LogP contribution in [0.15, 0.2) is 53.7 Å². The number of carbonyl (C=O) groups excluding carboxylic acids is 1. The Morgan fingerprint density at radius 1 is 1.23 bits per heavy atom. The Hall–Kier alpha value is -3.11. The topological polar surface area (TPSA) is 83.6 Å². The zero-order valence-electron chi connectivity index (χ0n) is 14.4. The Kier molecular flexibility index (Phi) is 5.34. The number of amides is 1. The van der Waals surface area contributed by atoms with Gasteiger partial charge in [0.05, 0.1) is 33.8 Å². The Balaban J connectivity index is 1.69. The summed E-state index contributed by atoms with van der Waals surface area (Å²) in [6.45, 7) is 3.90. The lowest BCUT2D eigenvalue weighted by molar-refractivity contribution is -0.113. The molecule has 0 bridgehead atoms. The second kappa shape index (κ2) is 7.85. The molecule has 0 radical (unpaired) electrons. The molecule has 1 aromatic carbocycles. The molecular weight excluding hydrogens is 346 g/mol. The van der Waals surface area contributed by atoms with Gasteiger partial charge in [0.2, 0.25) is 5.91 Å². The second-order valence-corrected chi connectivity index (χ2v) is 6.75. The molecule has 2 aromatic heterocycles. The lowest BCUT2D eigenvalue weighted by Gasteiger charge is -2.09. The third-order valence-electron chi connectivity index (χ3n) is 3.59. The van der Waals surface area contributed by atoms with Crippen molar-refractivity contribution in [3.63, 3.8) is 0 Å². The van der Waals surface area contributed by atoms with Crippen molar-refractivity contribution in [1.82, 2.24) is 14.8 Å². The second-order valence-electron chi connectivity index (χ2n) is 5.75. The fraction of sp³-hybridized carbons (Fsp3) is 0.158. The third-order valence-corrected chi connectivity index (χ3v) is 4.52. The number of hydrogen-bond donors (Lipinski definition) is 1. The number of rotatable bonds is 5. The number of nitriles is 1. The SMILES string of the molecule is Cc1ccc(-n2nc(C)cc2NC(=O)CSc2cc(C#N)ccn2)cc1. The average Bonchev–Trinajstić information content (AvgIpc) is 3.01. The maximum Gasteiger partial charge on any atom is 0.235 e. The van der Waals surface area contributed by atoms with Gasteiger partial charge in [-0.2, -0.15) is 10.4 Å². The van der Waals surface area contributed by atoms with Gasteiger partial charge in [0.1, 0.15) is 5.82 Å². The van der Waals surface area contributed by atoms with Gasteiger partial charge in [-0.05, 0) is 38.1 Å². The van der Waals surface area contributed by atoms with E-state index in [-0.39, 0.29) is 11.7 Å². The van der Waals surface area contributed by atoms with E-state index in [0.717, 1.165) is 16.9 Å². The van der Waals surface area contributed by atoms with Gasteiger partial charge in [0, 0.05) is 12.3 Å². The zero-order valence-corrected chi connectivity index (χ0v) is 15.2. The van der Waals surface area contributed by atoms with E-state index in [9.17, 15) is 4.79 Å². The molecule has 0 atom stereocenters. The molecule has 6 nitrogen and oxygen atoms in total. The van der Waals surface area contributed by atoms with Gasteiger partial charge in [-0.25, -0.2) is 9.67 Å². The summed E-state index contributed by atoms with van der Waals surface area (Å²) in [4.78, 5) is 16.5. The summed E-state index contributed by atoms with van der Waals surface area (Å²) >= 11 is 1.28. The molecule has 0 fully saturated rings. The molecule has 1 amide bonds. The van der Waals surface area contributed by atoms with E-state index in [2.05, 4.69) is 21.5 Å². The Labute approximate surface area is 155 Å². The molecule has 0 saturated carbocycles. The summed E-state index contributed by atoms with van der Waals surface area (Å²) in [5.74, 6) is 0.656. The maximum absolute atomic E-state index is 12.3. The zero-order chi connectivity index (χ0) is 18.5. The molecule has 0 aliphatic heterocycles. The van der Waals surface area contributed by atoms with E-state index in [1.807, 2.05) is 44.2 Å². The van der Waals surface area contributed by atoms with Crippen LogP contribution in [0.5, 0.6) is 0 Å². The smallest absolute Gasteiger partial charge is 0.235 e. The largest absolute Gasteiger partial charge is 0.310 e. The number of hydrogen-bond acceptors (Lipinski definition) is 5. The number of aryl methyl sites for hydroxylation is 2. The lowest BCUT2D eigenvalue weighted by atomic mass is 10.2. The highest BCUT2D eigenvalue weighted by molar-refractivity contribution is 7.99. The van der Waals surface area contributed by atoms with E-state index < -0.39 is 0 Å². The predicted octanol–water partition coefficient (Wildman–Crippen LogP) is 3.49. The predicted molar refractivity (Wildman–Crippen MR) is 101 cm³/mol. The summed E-state index contributed by atoms with van der Waals surface area (Å²) in [5, 5.41) is 16.9. The van der Waals surface area contributed by atoms with Gasteiger partial charge >= 0.3 is 0 Å². The average molecular weight is 363 g/mol. The van der Waals surface area contributed by atoms with Gasteiger partial charge in [0.15, 0.2) is 0 Å². The van der Waals surface area contributed by atoms with Crippen molar-refractivity contribution >= 4 is 23.5 Å². The van der Waals surface area contributed by atoms with E-state index >= 15 is 0 Å². The van der Waals surface area contributed by atoms with Crippen LogP contribution in [0.2, 0.25) is 0 Å². The molecule has 0 unspecified atom stereocenters. The molecule has 0 spiro atoms. The highest BCUT2D eigenvalue weighted by Gasteiger charge is 2.12. The quantitative estimate of drug-likeness (QED) is 0.702. The Bertz CT molecular complexity index is 972. The van der Waals surface area contributed by atoms with Crippen molar-refractivity contribution < 1.29 is 4.79 Å². The fourth-order valence-electron chi connectivity index (χ4n) is 2.35. The number of aromatic nitrogens is 3. The van der Waals surface area contributed by atoms with Crippen LogP contribution >= 0.6 is 11.8 Å². The van der Waals surface area contributed by atoms with E-state index in [1.165, 1.54) is 11.8 Å². The first kappa shape index (κ1) is 17.7. The van der Waals surface area contributed by atoms with Gasteiger partial charge in [-0.15, -0.1) is 0 Å². The molecule has 1 N–H and O–H groups in total. The van der Waals surface area contributed by atoms with E-state index in [4.69, 9.17) is 5.26 Å². The molecule has 3 rings (SSSR count). The monoisotopic (exact) mass is 363 g/mol. The molecule has 2 heterocycles. The Morgan fingerprint density at radius 3 is 2.73 bits per heavy atom. The van der Waals surface area contributed by atoms with Crippen LogP contribution in [0.4, 0.5) is 5.82 Å². The number of anilines is 1. The van der Waals surface area contributed by atoms with Crippen molar-refractivity contribution in [2.24, 2.45) is 0 Å².